The van der Waals surface area contributed by atoms with E-state index in [0.717, 1.165) is 0 Å². The van der Waals surface area contributed by atoms with Crippen molar-refractivity contribution in [3.8, 4) is 0 Å². The van der Waals surface area contributed by atoms with Crippen molar-refractivity contribution in [1.29, 1.82) is 0 Å². The molecule has 1 heterocycles. The molecule has 1 aliphatic heterocycles. The number of anilines is 1. The average Bonchev–Trinajstić information content (AvgIpc) is 2.24. The summed E-state index contributed by atoms with van der Waals surface area (Å²) in [6.45, 7) is 0.474. The number of hydrogen-bond donors (Lipinski definition) is 2. The Morgan fingerprint density at radius 2 is 2.18 bits per heavy atom. The molecular formula is C10H11N3O4. The Balaban J connectivity index is 2.30. The first-order valence-electron chi connectivity index (χ1n) is 5.01. The van der Waals surface area contributed by atoms with Gasteiger partial charge in [-0.3, -0.25) is 14.9 Å². The first-order valence-corrected chi connectivity index (χ1v) is 5.01. The van der Waals surface area contributed by atoms with Gasteiger partial charge in [0.15, 0.2) is 0 Å². The molecule has 7 heteroatoms. The molecular weight excluding hydrogens is 226 g/mol. The molecule has 1 saturated heterocycles. The third-order valence-corrected chi connectivity index (χ3v) is 2.66. The minimum absolute atomic E-state index is 0.103. The van der Waals surface area contributed by atoms with Crippen LogP contribution in [0.2, 0.25) is 0 Å². The number of benzene rings is 1. The molecule has 0 radical (unpaired) electrons. The highest BCUT2D eigenvalue weighted by Gasteiger charge is 2.31. The van der Waals surface area contributed by atoms with Gasteiger partial charge in [0.25, 0.3) is 11.6 Å². The Hall–Kier alpha value is -2.15. The van der Waals surface area contributed by atoms with Crippen LogP contribution in [-0.2, 0) is 0 Å². The fourth-order valence-electron chi connectivity index (χ4n) is 1.69. The van der Waals surface area contributed by atoms with E-state index in [4.69, 9.17) is 10.8 Å². The van der Waals surface area contributed by atoms with E-state index in [-0.39, 0.29) is 30.0 Å². The van der Waals surface area contributed by atoms with Crippen LogP contribution in [0.3, 0.4) is 0 Å². The molecule has 1 aromatic rings. The third-order valence-electron chi connectivity index (χ3n) is 2.66. The van der Waals surface area contributed by atoms with Crippen molar-refractivity contribution in [2.24, 2.45) is 0 Å². The van der Waals surface area contributed by atoms with Gasteiger partial charge in [-0.25, -0.2) is 0 Å². The zero-order chi connectivity index (χ0) is 12.6. The molecule has 17 heavy (non-hydrogen) atoms. The minimum atomic E-state index is -0.628. The van der Waals surface area contributed by atoms with Crippen molar-refractivity contribution < 1.29 is 14.8 Å². The molecule has 90 valence electrons. The topological polar surface area (TPSA) is 110 Å². The monoisotopic (exact) mass is 237 g/mol. The van der Waals surface area contributed by atoms with Gasteiger partial charge in [0.2, 0.25) is 0 Å². The molecule has 0 bridgehead atoms. The second kappa shape index (κ2) is 4.02. The summed E-state index contributed by atoms with van der Waals surface area (Å²) in [4.78, 5) is 23.3. The second-order valence-electron chi connectivity index (χ2n) is 3.86. The molecule has 0 atom stereocenters. The quantitative estimate of drug-likeness (QED) is 0.427. The Morgan fingerprint density at radius 1 is 1.53 bits per heavy atom. The Kier molecular flexibility index (Phi) is 2.68. The zero-order valence-corrected chi connectivity index (χ0v) is 8.87. The summed E-state index contributed by atoms with van der Waals surface area (Å²) in [5.41, 5.74) is 5.27. The van der Waals surface area contributed by atoms with Crippen molar-refractivity contribution in [1.82, 2.24) is 4.90 Å². The number of rotatable bonds is 2. The van der Waals surface area contributed by atoms with Gasteiger partial charge < -0.3 is 15.7 Å². The largest absolute Gasteiger partial charge is 0.393 e. The van der Waals surface area contributed by atoms with Crippen molar-refractivity contribution in [2.45, 2.75) is 6.10 Å². The van der Waals surface area contributed by atoms with Crippen LogP contribution >= 0.6 is 0 Å². The zero-order valence-electron chi connectivity index (χ0n) is 8.87. The third kappa shape index (κ3) is 1.92. The van der Waals surface area contributed by atoms with E-state index in [1.165, 1.54) is 23.1 Å². The van der Waals surface area contributed by atoms with E-state index in [2.05, 4.69) is 0 Å². The van der Waals surface area contributed by atoms with Gasteiger partial charge in [0, 0.05) is 19.2 Å². The summed E-state index contributed by atoms with van der Waals surface area (Å²) in [7, 11) is 0. The van der Waals surface area contributed by atoms with Gasteiger partial charge in [0.05, 0.1) is 16.6 Å². The Morgan fingerprint density at radius 3 is 2.71 bits per heavy atom. The maximum absolute atomic E-state index is 11.9. The SMILES string of the molecule is Nc1c(C(=O)N2CC(O)C2)cccc1[N+](=O)[O-]. The predicted octanol–water partition coefficient (Wildman–Crippen LogP) is -0.00630. The number of aliphatic hydroxyl groups excluding tert-OH is 1. The number of hydrogen-bond acceptors (Lipinski definition) is 5. The summed E-state index contributed by atoms with van der Waals surface area (Å²) >= 11 is 0. The van der Waals surface area contributed by atoms with Crippen LogP contribution in [0.15, 0.2) is 18.2 Å². The molecule has 1 fully saturated rings. The van der Waals surface area contributed by atoms with Crippen LogP contribution in [0.25, 0.3) is 0 Å². The van der Waals surface area contributed by atoms with Crippen LogP contribution in [0.5, 0.6) is 0 Å². The standard InChI is InChI=1S/C10H11N3O4/c11-9-7(2-1-3-8(9)13(16)17)10(15)12-4-6(14)5-12/h1-3,6,14H,4-5,11H2. The van der Waals surface area contributed by atoms with E-state index in [0.29, 0.717) is 0 Å². The number of nitrogen functional groups attached to an aromatic ring is 1. The van der Waals surface area contributed by atoms with Crippen LogP contribution in [-0.4, -0.2) is 40.0 Å². The fourth-order valence-corrected chi connectivity index (χ4v) is 1.69. The molecule has 0 spiro atoms. The fraction of sp³-hybridized carbons (Fsp3) is 0.300. The number of carbonyl (C=O) groups is 1. The smallest absolute Gasteiger partial charge is 0.292 e. The first kappa shape index (κ1) is 11.3. The van der Waals surface area contributed by atoms with E-state index >= 15 is 0 Å². The van der Waals surface area contributed by atoms with E-state index in [1.807, 2.05) is 0 Å². The number of amides is 1. The molecule has 3 N–H and O–H groups in total. The van der Waals surface area contributed by atoms with Crippen molar-refractivity contribution >= 4 is 17.3 Å². The number of nitro benzene ring substituents is 1. The molecule has 0 aromatic heterocycles. The average molecular weight is 237 g/mol. The normalized spacial score (nSPS) is 15.5. The molecule has 7 nitrogen and oxygen atoms in total. The number of likely N-dealkylation sites (tertiary alicyclic amines) is 1. The number of nitrogens with two attached hydrogens (primary N) is 1. The maximum atomic E-state index is 11.9. The van der Waals surface area contributed by atoms with Gasteiger partial charge in [-0.05, 0) is 6.07 Å². The summed E-state index contributed by atoms with van der Waals surface area (Å²) in [5.74, 6) is -0.392. The molecule has 1 aromatic carbocycles. The molecule has 0 saturated carbocycles. The first-order chi connectivity index (χ1) is 8.00. The summed E-state index contributed by atoms with van der Waals surface area (Å²) in [6, 6.07) is 4.10. The van der Waals surface area contributed by atoms with Crippen molar-refractivity contribution in [3.63, 3.8) is 0 Å². The Bertz CT molecular complexity index is 482. The van der Waals surface area contributed by atoms with Gasteiger partial charge in [0.1, 0.15) is 5.69 Å². The van der Waals surface area contributed by atoms with E-state index < -0.39 is 16.9 Å². The highest BCUT2D eigenvalue weighted by Crippen LogP contribution is 2.26. The number of aliphatic hydroxyl groups is 1. The number of β-amino-alcohol motifs (C(OH)–C–C–N with tert-alkyl or cyclic N) is 1. The number of para-hydroxylation sites is 1. The molecule has 1 aliphatic rings. The van der Waals surface area contributed by atoms with Crippen LogP contribution in [0.1, 0.15) is 10.4 Å². The lowest BCUT2D eigenvalue weighted by Crippen LogP contribution is -2.53. The Labute approximate surface area is 96.6 Å². The van der Waals surface area contributed by atoms with Crippen LogP contribution in [0, 0.1) is 10.1 Å². The van der Waals surface area contributed by atoms with Gasteiger partial charge in [-0.15, -0.1) is 0 Å². The predicted molar refractivity (Wildman–Crippen MR) is 59.4 cm³/mol. The lowest BCUT2D eigenvalue weighted by atomic mass is 10.1. The molecule has 2 rings (SSSR count). The van der Waals surface area contributed by atoms with Crippen LogP contribution in [0.4, 0.5) is 11.4 Å². The maximum Gasteiger partial charge on any atom is 0.292 e. The van der Waals surface area contributed by atoms with E-state index in [1.54, 1.807) is 0 Å². The highest BCUT2D eigenvalue weighted by atomic mass is 16.6. The number of nitro groups is 1. The number of carbonyl (C=O) groups excluding carboxylic acids is 1. The van der Waals surface area contributed by atoms with Gasteiger partial charge in [-0.1, -0.05) is 6.07 Å². The molecule has 0 unspecified atom stereocenters. The minimum Gasteiger partial charge on any atom is -0.393 e. The second-order valence-corrected chi connectivity index (χ2v) is 3.86. The van der Waals surface area contributed by atoms with Crippen molar-refractivity contribution in [2.75, 3.05) is 18.8 Å². The lowest BCUT2D eigenvalue weighted by Gasteiger charge is -2.36. The van der Waals surface area contributed by atoms with E-state index in [9.17, 15) is 14.9 Å². The van der Waals surface area contributed by atoms with Gasteiger partial charge in [-0.2, -0.15) is 0 Å². The molecule has 0 aliphatic carbocycles. The number of nitrogens with zero attached hydrogens (tertiary/aromatic N) is 2. The summed E-state index contributed by atoms with van der Waals surface area (Å²) < 4.78 is 0. The summed E-state index contributed by atoms with van der Waals surface area (Å²) in [5, 5.41) is 19.8. The van der Waals surface area contributed by atoms with Gasteiger partial charge >= 0.3 is 0 Å². The summed E-state index contributed by atoms with van der Waals surface area (Å²) in [6.07, 6.45) is -0.515. The highest BCUT2D eigenvalue weighted by molar-refractivity contribution is 6.01. The van der Waals surface area contributed by atoms with Crippen LogP contribution < -0.4 is 5.73 Å². The van der Waals surface area contributed by atoms with Crippen molar-refractivity contribution in [3.05, 3.63) is 33.9 Å². The lowest BCUT2D eigenvalue weighted by molar-refractivity contribution is -0.383. The molecule has 1 amide bonds.